The number of ether oxygens (including phenoxy) is 2. The summed E-state index contributed by atoms with van der Waals surface area (Å²) in [6, 6.07) is 6.95. The summed E-state index contributed by atoms with van der Waals surface area (Å²) in [5.41, 5.74) is 1.02. The van der Waals surface area contributed by atoms with Crippen LogP contribution in [0.1, 0.15) is 10.5 Å². The predicted molar refractivity (Wildman–Crippen MR) is 80.4 cm³/mol. The Hall–Kier alpha value is -3.09. The Balaban J connectivity index is 1.75. The van der Waals surface area contributed by atoms with E-state index in [0.29, 0.717) is 24.0 Å². The van der Waals surface area contributed by atoms with E-state index in [9.17, 15) is 4.79 Å². The number of amides is 1. The second-order valence-corrected chi connectivity index (χ2v) is 4.46. The third-order valence-corrected chi connectivity index (χ3v) is 2.92. The van der Waals surface area contributed by atoms with Crippen LogP contribution in [0.3, 0.4) is 0 Å². The van der Waals surface area contributed by atoms with Crippen LogP contribution >= 0.6 is 0 Å². The topological polar surface area (TPSA) is 85.4 Å². The Bertz CT molecular complexity index is 718. The first-order valence-corrected chi connectivity index (χ1v) is 6.65. The number of anilines is 2. The third kappa shape index (κ3) is 2.98. The average molecular weight is 298 g/mol. The number of benzene rings is 1. The van der Waals surface area contributed by atoms with Gasteiger partial charge in [0.05, 0.1) is 0 Å². The molecule has 0 atom stereocenters. The van der Waals surface area contributed by atoms with Gasteiger partial charge >= 0.3 is 0 Å². The van der Waals surface area contributed by atoms with Crippen molar-refractivity contribution in [2.75, 3.05) is 18.7 Å². The highest BCUT2D eigenvalue weighted by molar-refractivity contribution is 5.92. The summed E-state index contributed by atoms with van der Waals surface area (Å²) >= 11 is 0. The fourth-order valence-corrected chi connectivity index (χ4v) is 1.90. The van der Waals surface area contributed by atoms with Crippen molar-refractivity contribution in [1.82, 2.24) is 15.3 Å². The highest BCUT2D eigenvalue weighted by atomic mass is 16.7. The van der Waals surface area contributed by atoms with Gasteiger partial charge in [0.1, 0.15) is 5.69 Å². The summed E-state index contributed by atoms with van der Waals surface area (Å²) in [5, 5.41) is 5.69. The molecule has 1 aromatic heterocycles. The molecule has 0 bridgehead atoms. The first-order chi connectivity index (χ1) is 10.8. The maximum absolute atomic E-state index is 11.8. The SMILES string of the molecule is C=CCNC(=O)c1ccnc(Nc2ccc3c(c2)OCO3)n1. The molecule has 2 heterocycles. The lowest BCUT2D eigenvalue weighted by Gasteiger charge is -2.07. The van der Waals surface area contributed by atoms with Crippen molar-refractivity contribution in [3.63, 3.8) is 0 Å². The summed E-state index contributed by atoms with van der Waals surface area (Å²) in [5.74, 6) is 1.40. The Kier molecular flexibility index (Phi) is 3.86. The highest BCUT2D eigenvalue weighted by Crippen LogP contribution is 2.34. The summed E-state index contributed by atoms with van der Waals surface area (Å²) < 4.78 is 10.6. The van der Waals surface area contributed by atoms with Crippen molar-refractivity contribution in [3.8, 4) is 11.5 Å². The maximum atomic E-state index is 11.8. The van der Waals surface area contributed by atoms with Crippen LogP contribution in [0, 0.1) is 0 Å². The molecule has 112 valence electrons. The molecule has 3 rings (SSSR count). The Labute approximate surface area is 127 Å². The number of nitrogens with one attached hydrogen (secondary N) is 2. The molecular formula is C15H14N4O3. The van der Waals surface area contributed by atoms with Gasteiger partial charge in [-0.2, -0.15) is 0 Å². The number of aromatic nitrogens is 2. The molecule has 1 aromatic carbocycles. The van der Waals surface area contributed by atoms with E-state index in [1.54, 1.807) is 24.3 Å². The molecule has 0 unspecified atom stereocenters. The highest BCUT2D eigenvalue weighted by Gasteiger charge is 2.14. The molecule has 0 radical (unpaired) electrons. The zero-order valence-electron chi connectivity index (χ0n) is 11.7. The average Bonchev–Trinajstić information content (AvgIpc) is 3.00. The lowest BCUT2D eigenvalue weighted by molar-refractivity contribution is 0.0953. The van der Waals surface area contributed by atoms with Crippen LogP contribution in [0.15, 0.2) is 43.1 Å². The van der Waals surface area contributed by atoms with Gasteiger partial charge in [0.25, 0.3) is 5.91 Å². The standard InChI is InChI=1S/C15H14N4O3/c1-2-6-16-14(20)11-5-7-17-15(19-11)18-10-3-4-12-13(8-10)22-9-21-12/h2-5,7-8H,1,6,9H2,(H,16,20)(H,17,18,19). The van der Waals surface area contributed by atoms with Crippen LogP contribution in [0.5, 0.6) is 11.5 Å². The van der Waals surface area contributed by atoms with Gasteiger partial charge in [0.2, 0.25) is 12.7 Å². The fraction of sp³-hybridized carbons (Fsp3) is 0.133. The van der Waals surface area contributed by atoms with Crippen LogP contribution in [0.25, 0.3) is 0 Å². The Morgan fingerprint density at radius 2 is 2.18 bits per heavy atom. The van der Waals surface area contributed by atoms with E-state index in [1.807, 2.05) is 6.07 Å². The summed E-state index contributed by atoms with van der Waals surface area (Å²) in [7, 11) is 0. The van der Waals surface area contributed by atoms with Gasteiger partial charge in [0.15, 0.2) is 11.5 Å². The molecule has 22 heavy (non-hydrogen) atoms. The zero-order chi connectivity index (χ0) is 15.4. The molecule has 1 aliphatic rings. The number of nitrogens with zero attached hydrogens (tertiary/aromatic N) is 2. The molecule has 0 aliphatic carbocycles. The van der Waals surface area contributed by atoms with E-state index >= 15 is 0 Å². The molecule has 7 nitrogen and oxygen atoms in total. The van der Waals surface area contributed by atoms with Gasteiger partial charge in [-0.25, -0.2) is 9.97 Å². The lowest BCUT2D eigenvalue weighted by atomic mass is 10.3. The van der Waals surface area contributed by atoms with E-state index in [1.165, 1.54) is 6.20 Å². The number of carbonyl (C=O) groups is 1. The largest absolute Gasteiger partial charge is 0.454 e. The zero-order valence-corrected chi connectivity index (χ0v) is 11.7. The van der Waals surface area contributed by atoms with Gasteiger partial charge in [-0.3, -0.25) is 4.79 Å². The minimum Gasteiger partial charge on any atom is -0.454 e. The van der Waals surface area contributed by atoms with Gasteiger partial charge in [-0.15, -0.1) is 6.58 Å². The maximum Gasteiger partial charge on any atom is 0.270 e. The van der Waals surface area contributed by atoms with E-state index in [4.69, 9.17) is 9.47 Å². The molecule has 7 heteroatoms. The number of carbonyl (C=O) groups excluding carboxylic acids is 1. The van der Waals surface area contributed by atoms with Crippen LogP contribution in [0.2, 0.25) is 0 Å². The summed E-state index contributed by atoms with van der Waals surface area (Å²) in [4.78, 5) is 20.1. The number of hydrogen-bond acceptors (Lipinski definition) is 6. The van der Waals surface area contributed by atoms with Crippen molar-refractivity contribution in [2.45, 2.75) is 0 Å². The molecule has 1 amide bonds. The molecule has 0 saturated heterocycles. The van der Waals surface area contributed by atoms with Gasteiger partial charge in [0, 0.05) is 24.5 Å². The van der Waals surface area contributed by atoms with Gasteiger partial charge in [-0.05, 0) is 18.2 Å². The first kappa shape index (κ1) is 13.9. The van der Waals surface area contributed by atoms with Crippen LogP contribution in [-0.2, 0) is 0 Å². The first-order valence-electron chi connectivity index (χ1n) is 6.65. The van der Waals surface area contributed by atoms with E-state index in [2.05, 4.69) is 27.2 Å². The molecule has 0 fully saturated rings. The smallest absolute Gasteiger partial charge is 0.270 e. The number of hydrogen-bond donors (Lipinski definition) is 2. The molecule has 0 spiro atoms. The molecule has 2 aromatic rings. The molecule has 0 saturated carbocycles. The molecule has 2 N–H and O–H groups in total. The fourth-order valence-electron chi connectivity index (χ4n) is 1.90. The van der Waals surface area contributed by atoms with Crippen molar-refractivity contribution in [3.05, 3.63) is 48.8 Å². The minimum atomic E-state index is -0.281. The summed E-state index contributed by atoms with van der Waals surface area (Å²) in [6.45, 7) is 4.15. The van der Waals surface area contributed by atoms with E-state index < -0.39 is 0 Å². The van der Waals surface area contributed by atoms with E-state index in [0.717, 1.165) is 5.69 Å². The molecular weight excluding hydrogens is 284 g/mol. The normalized spacial score (nSPS) is 11.8. The van der Waals surface area contributed by atoms with Gasteiger partial charge < -0.3 is 20.1 Å². The van der Waals surface area contributed by atoms with Crippen molar-refractivity contribution in [2.24, 2.45) is 0 Å². The number of fused-ring (bicyclic) bond motifs is 1. The third-order valence-electron chi connectivity index (χ3n) is 2.92. The lowest BCUT2D eigenvalue weighted by Crippen LogP contribution is -2.24. The quantitative estimate of drug-likeness (QED) is 0.820. The van der Waals surface area contributed by atoms with Gasteiger partial charge in [-0.1, -0.05) is 6.08 Å². The monoisotopic (exact) mass is 298 g/mol. The Morgan fingerprint density at radius 1 is 1.32 bits per heavy atom. The van der Waals surface area contributed by atoms with E-state index in [-0.39, 0.29) is 18.4 Å². The van der Waals surface area contributed by atoms with Crippen molar-refractivity contribution >= 4 is 17.5 Å². The van der Waals surface area contributed by atoms with Crippen molar-refractivity contribution < 1.29 is 14.3 Å². The molecule has 1 aliphatic heterocycles. The van der Waals surface area contributed by atoms with Crippen molar-refractivity contribution in [1.29, 1.82) is 0 Å². The van der Waals surface area contributed by atoms with Crippen LogP contribution < -0.4 is 20.1 Å². The minimum absolute atomic E-state index is 0.217. The van der Waals surface area contributed by atoms with Crippen LogP contribution in [0.4, 0.5) is 11.6 Å². The number of rotatable bonds is 5. The predicted octanol–water partition coefficient (Wildman–Crippen LogP) is 1.86. The second kappa shape index (κ2) is 6.13. The summed E-state index contributed by atoms with van der Waals surface area (Å²) in [6.07, 6.45) is 3.12. The second-order valence-electron chi connectivity index (χ2n) is 4.46. The Morgan fingerprint density at radius 3 is 3.05 bits per heavy atom. The van der Waals surface area contributed by atoms with Crippen LogP contribution in [-0.4, -0.2) is 29.2 Å².